The van der Waals surface area contributed by atoms with Crippen molar-refractivity contribution in [3.63, 3.8) is 0 Å². The van der Waals surface area contributed by atoms with Gasteiger partial charge in [-0.2, -0.15) is 0 Å². The number of nitro groups is 1. The van der Waals surface area contributed by atoms with E-state index in [-0.39, 0.29) is 22.4 Å². The van der Waals surface area contributed by atoms with Gasteiger partial charge < -0.3 is 14.8 Å². The number of carbonyl (C=O) groups excluding carboxylic acids is 1. The van der Waals surface area contributed by atoms with Crippen LogP contribution in [-0.4, -0.2) is 24.0 Å². The highest BCUT2D eigenvalue weighted by Crippen LogP contribution is 2.29. The quantitative estimate of drug-likeness (QED) is 0.601. The van der Waals surface area contributed by atoms with Crippen molar-refractivity contribution in [2.45, 2.75) is 19.6 Å². The molecule has 2 aromatic rings. The van der Waals surface area contributed by atoms with E-state index in [1.807, 2.05) is 12.1 Å². The molecular weight excluding hydrogens is 348 g/mol. The van der Waals surface area contributed by atoms with Crippen molar-refractivity contribution in [1.29, 1.82) is 0 Å². The van der Waals surface area contributed by atoms with Crippen LogP contribution in [0.1, 0.15) is 12.5 Å². The van der Waals surface area contributed by atoms with Crippen LogP contribution in [-0.2, 0) is 11.3 Å². The van der Waals surface area contributed by atoms with Gasteiger partial charge >= 0.3 is 0 Å². The minimum absolute atomic E-state index is 0.0732. The first kappa shape index (κ1) is 18.5. The molecule has 0 bridgehead atoms. The molecule has 7 nitrogen and oxygen atoms in total. The predicted octanol–water partition coefficient (Wildman–Crippen LogP) is 3.34. The molecule has 2 rings (SSSR count). The number of nitro benzene ring substituents is 1. The molecule has 1 N–H and O–H groups in total. The van der Waals surface area contributed by atoms with E-state index in [0.29, 0.717) is 6.54 Å². The topological polar surface area (TPSA) is 90.7 Å². The number of non-ortho nitro benzene ring substituents is 1. The van der Waals surface area contributed by atoms with Crippen LogP contribution in [0.2, 0.25) is 5.02 Å². The fourth-order valence-electron chi connectivity index (χ4n) is 2.02. The maximum Gasteiger partial charge on any atom is 0.271 e. The molecule has 2 aromatic carbocycles. The lowest BCUT2D eigenvalue weighted by Gasteiger charge is -2.15. The molecule has 0 aliphatic heterocycles. The smallest absolute Gasteiger partial charge is 0.271 e. The van der Waals surface area contributed by atoms with Gasteiger partial charge in [0.1, 0.15) is 11.5 Å². The second-order valence-electron chi connectivity index (χ2n) is 5.20. The molecule has 25 heavy (non-hydrogen) atoms. The van der Waals surface area contributed by atoms with Gasteiger partial charge in [0, 0.05) is 18.7 Å². The third kappa shape index (κ3) is 5.09. The average molecular weight is 365 g/mol. The van der Waals surface area contributed by atoms with Gasteiger partial charge in [-0.05, 0) is 30.7 Å². The van der Waals surface area contributed by atoms with Crippen LogP contribution >= 0.6 is 11.6 Å². The Hall–Kier alpha value is -2.80. The highest BCUT2D eigenvalue weighted by atomic mass is 35.5. The highest BCUT2D eigenvalue weighted by Gasteiger charge is 2.17. The van der Waals surface area contributed by atoms with Crippen molar-refractivity contribution in [1.82, 2.24) is 5.32 Å². The summed E-state index contributed by atoms with van der Waals surface area (Å²) in [5, 5.41) is 13.5. The zero-order valence-corrected chi connectivity index (χ0v) is 14.4. The van der Waals surface area contributed by atoms with E-state index in [1.54, 1.807) is 26.2 Å². The first-order chi connectivity index (χ1) is 11.9. The maximum atomic E-state index is 12.1. The van der Waals surface area contributed by atoms with E-state index in [0.717, 1.165) is 11.3 Å². The van der Waals surface area contributed by atoms with Crippen molar-refractivity contribution < 1.29 is 19.2 Å². The van der Waals surface area contributed by atoms with E-state index in [1.165, 1.54) is 18.2 Å². The standard InChI is InChI=1S/C17H17ClN2O5/c1-11(25-16-8-5-13(20(22)23)9-15(16)18)17(21)19-10-12-3-6-14(24-2)7-4-12/h3-9,11H,10H2,1-2H3,(H,19,21)/t11-/m0/s1. The Morgan fingerprint density at radius 3 is 2.52 bits per heavy atom. The molecule has 0 spiro atoms. The number of nitrogens with zero attached hydrogens (tertiary/aromatic N) is 1. The minimum atomic E-state index is -0.808. The number of hydrogen-bond acceptors (Lipinski definition) is 5. The lowest BCUT2D eigenvalue weighted by molar-refractivity contribution is -0.384. The number of carbonyl (C=O) groups is 1. The molecule has 1 amide bonds. The molecular formula is C17H17ClN2O5. The van der Waals surface area contributed by atoms with Crippen molar-refractivity contribution in [3.05, 3.63) is 63.2 Å². The van der Waals surface area contributed by atoms with Crippen LogP contribution in [0.25, 0.3) is 0 Å². The third-order valence-electron chi connectivity index (χ3n) is 3.43. The summed E-state index contributed by atoms with van der Waals surface area (Å²) < 4.78 is 10.6. The van der Waals surface area contributed by atoms with Gasteiger partial charge in [0.2, 0.25) is 0 Å². The molecule has 0 heterocycles. The first-order valence-electron chi connectivity index (χ1n) is 7.42. The number of amides is 1. The normalized spacial score (nSPS) is 11.5. The van der Waals surface area contributed by atoms with Crippen molar-refractivity contribution in [3.8, 4) is 11.5 Å². The second kappa shape index (κ2) is 8.34. The van der Waals surface area contributed by atoms with Crippen LogP contribution in [0.3, 0.4) is 0 Å². The molecule has 0 radical (unpaired) electrons. The third-order valence-corrected chi connectivity index (χ3v) is 3.72. The summed E-state index contributed by atoms with van der Waals surface area (Å²) in [5.41, 5.74) is 0.767. The Bertz CT molecular complexity index is 764. The first-order valence-corrected chi connectivity index (χ1v) is 7.79. The number of methoxy groups -OCH3 is 1. The van der Waals surface area contributed by atoms with E-state index in [2.05, 4.69) is 5.32 Å². The number of benzene rings is 2. The van der Waals surface area contributed by atoms with Gasteiger partial charge in [-0.25, -0.2) is 0 Å². The van der Waals surface area contributed by atoms with Crippen molar-refractivity contribution in [2.24, 2.45) is 0 Å². The summed E-state index contributed by atoms with van der Waals surface area (Å²) in [5.74, 6) is 0.615. The zero-order chi connectivity index (χ0) is 18.4. The fourth-order valence-corrected chi connectivity index (χ4v) is 2.24. The van der Waals surface area contributed by atoms with Crippen LogP contribution in [0.5, 0.6) is 11.5 Å². The molecule has 0 saturated carbocycles. The Balaban J connectivity index is 1.92. The molecule has 0 aromatic heterocycles. The van der Waals surface area contributed by atoms with Crippen LogP contribution < -0.4 is 14.8 Å². The number of ether oxygens (including phenoxy) is 2. The molecule has 0 fully saturated rings. The predicted molar refractivity (Wildman–Crippen MR) is 93.0 cm³/mol. The SMILES string of the molecule is COc1ccc(CNC(=O)[C@H](C)Oc2ccc([N+](=O)[O-])cc2Cl)cc1. The van der Waals surface area contributed by atoms with Crippen molar-refractivity contribution >= 4 is 23.2 Å². The molecule has 132 valence electrons. The molecule has 8 heteroatoms. The molecule has 0 aliphatic carbocycles. The highest BCUT2D eigenvalue weighted by molar-refractivity contribution is 6.32. The van der Waals surface area contributed by atoms with Gasteiger partial charge in [-0.15, -0.1) is 0 Å². The molecule has 0 saturated heterocycles. The van der Waals surface area contributed by atoms with E-state index in [4.69, 9.17) is 21.1 Å². The van der Waals surface area contributed by atoms with Crippen molar-refractivity contribution in [2.75, 3.05) is 7.11 Å². The molecule has 0 unspecified atom stereocenters. The Labute approximate surface area is 149 Å². The van der Waals surface area contributed by atoms with Gasteiger partial charge in [0.05, 0.1) is 17.1 Å². The lowest BCUT2D eigenvalue weighted by Crippen LogP contribution is -2.35. The van der Waals surface area contributed by atoms with Crippen LogP contribution in [0.15, 0.2) is 42.5 Å². The number of nitrogens with one attached hydrogen (secondary N) is 1. The number of halogens is 1. The summed E-state index contributed by atoms with van der Waals surface area (Å²) in [4.78, 5) is 22.3. The summed E-state index contributed by atoms with van der Waals surface area (Å²) in [6, 6.07) is 11.1. The van der Waals surface area contributed by atoms with Gasteiger partial charge in [-0.3, -0.25) is 14.9 Å². The lowest BCUT2D eigenvalue weighted by atomic mass is 10.2. The maximum absolute atomic E-state index is 12.1. The Morgan fingerprint density at radius 2 is 1.96 bits per heavy atom. The monoisotopic (exact) mass is 364 g/mol. The number of rotatable bonds is 7. The molecule has 1 atom stereocenters. The number of hydrogen-bond donors (Lipinski definition) is 1. The summed E-state index contributed by atoms with van der Waals surface area (Å²) in [6.45, 7) is 1.91. The van der Waals surface area contributed by atoms with Crippen LogP contribution in [0.4, 0.5) is 5.69 Å². The minimum Gasteiger partial charge on any atom is -0.497 e. The average Bonchev–Trinajstić information content (AvgIpc) is 2.61. The second-order valence-corrected chi connectivity index (χ2v) is 5.60. The van der Waals surface area contributed by atoms with Gasteiger partial charge in [0.15, 0.2) is 6.10 Å². The zero-order valence-electron chi connectivity index (χ0n) is 13.7. The largest absolute Gasteiger partial charge is 0.497 e. The summed E-state index contributed by atoms with van der Waals surface area (Å²) in [7, 11) is 1.58. The molecule has 0 aliphatic rings. The van der Waals surface area contributed by atoms with Crippen LogP contribution in [0, 0.1) is 10.1 Å². The summed E-state index contributed by atoms with van der Waals surface area (Å²) in [6.07, 6.45) is -0.808. The Kier molecular flexibility index (Phi) is 6.19. The fraction of sp³-hybridized carbons (Fsp3) is 0.235. The van der Waals surface area contributed by atoms with Gasteiger partial charge in [0.25, 0.3) is 11.6 Å². The van der Waals surface area contributed by atoms with E-state index in [9.17, 15) is 14.9 Å². The van der Waals surface area contributed by atoms with Gasteiger partial charge in [-0.1, -0.05) is 23.7 Å². The van der Waals surface area contributed by atoms with E-state index >= 15 is 0 Å². The summed E-state index contributed by atoms with van der Waals surface area (Å²) >= 11 is 5.95. The van der Waals surface area contributed by atoms with E-state index < -0.39 is 11.0 Å². The Morgan fingerprint density at radius 1 is 1.28 bits per heavy atom.